The van der Waals surface area contributed by atoms with Crippen molar-refractivity contribution in [1.29, 1.82) is 0 Å². The predicted molar refractivity (Wildman–Crippen MR) is 47.5 cm³/mol. The molecule has 0 aromatic heterocycles. The highest BCUT2D eigenvalue weighted by atomic mass is 35.5. The summed E-state index contributed by atoms with van der Waals surface area (Å²) in [5, 5.41) is 35.2. The quantitative estimate of drug-likeness (QED) is 0.307. The van der Waals surface area contributed by atoms with Crippen LogP contribution in [0.25, 0.3) is 0 Å². The highest BCUT2D eigenvalue weighted by molar-refractivity contribution is 5.85. The van der Waals surface area contributed by atoms with Gasteiger partial charge in [-0.1, -0.05) is 0 Å². The van der Waals surface area contributed by atoms with Gasteiger partial charge in [-0.25, -0.2) is 5.90 Å². The first-order chi connectivity index (χ1) is 6.04. The number of halogens is 1. The SMILES string of the molecule is Cl.NOCC(=O)C(O)C(O)C(O)CO. The molecule has 0 radical (unpaired) electrons. The number of aliphatic hydroxyl groups is 4. The zero-order valence-electron chi connectivity index (χ0n) is 7.24. The fraction of sp³-hybridized carbons (Fsp3) is 0.833. The molecule has 8 heteroatoms. The summed E-state index contributed by atoms with van der Waals surface area (Å²) in [7, 11) is 0. The van der Waals surface area contributed by atoms with E-state index in [4.69, 9.17) is 20.4 Å². The summed E-state index contributed by atoms with van der Waals surface area (Å²) in [4.78, 5) is 14.7. The van der Waals surface area contributed by atoms with Crippen LogP contribution in [0.1, 0.15) is 0 Å². The van der Waals surface area contributed by atoms with Gasteiger partial charge in [0.05, 0.1) is 6.61 Å². The molecule has 0 aliphatic carbocycles. The molecule has 3 unspecified atom stereocenters. The Labute approximate surface area is 86.5 Å². The van der Waals surface area contributed by atoms with Gasteiger partial charge in [-0.3, -0.25) is 9.63 Å². The maximum atomic E-state index is 10.8. The second kappa shape index (κ2) is 8.06. The van der Waals surface area contributed by atoms with Gasteiger partial charge in [0.2, 0.25) is 0 Å². The maximum Gasteiger partial charge on any atom is 0.191 e. The summed E-state index contributed by atoms with van der Waals surface area (Å²) in [5.74, 6) is 3.68. The zero-order chi connectivity index (χ0) is 10.4. The Kier molecular flexibility index (Phi) is 9.31. The van der Waals surface area contributed by atoms with Gasteiger partial charge in [-0.15, -0.1) is 12.4 Å². The molecule has 86 valence electrons. The first-order valence-corrected chi connectivity index (χ1v) is 3.54. The molecule has 0 rings (SSSR count). The Balaban J connectivity index is 0. The molecule has 0 amide bonds. The van der Waals surface area contributed by atoms with Crippen LogP contribution in [0.2, 0.25) is 0 Å². The molecule has 0 aliphatic heterocycles. The van der Waals surface area contributed by atoms with Crippen LogP contribution in [0, 0.1) is 0 Å². The summed E-state index contributed by atoms with van der Waals surface area (Å²) in [6.45, 7) is -1.33. The fourth-order valence-corrected chi connectivity index (χ4v) is 0.676. The van der Waals surface area contributed by atoms with E-state index in [-0.39, 0.29) is 12.4 Å². The van der Waals surface area contributed by atoms with Crippen molar-refractivity contribution in [2.24, 2.45) is 5.90 Å². The minimum atomic E-state index is -1.81. The monoisotopic (exact) mass is 231 g/mol. The van der Waals surface area contributed by atoms with Crippen LogP contribution in [0.15, 0.2) is 0 Å². The molecule has 0 fully saturated rings. The Morgan fingerprint density at radius 1 is 1.36 bits per heavy atom. The van der Waals surface area contributed by atoms with Crippen molar-refractivity contribution >= 4 is 18.2 Å². The van der Waals surface area contributed by atoms with E-state index < -0.39 is 37.3 Å². The third kappa shape index (κ3) is 4.82. The van der Waals surface area contributed by atoms with Crippen molar-refractivity contribution in [3.8, 4) is 0 Å². The first kappa shape index (κ1) is 16.2. The summed E-state index contributed by atoms with van der Waals surface area (Å²) in [6.07, 6.45) is -5.13. The standard InChI is InChI=1S/C6H13NO6.ClH/c7-13-2-4(10)6(12)5(11)3(9)1-8;/h3,5-6,8-9,11-12H,1-2,7H2;1H. The lowest BCUT2D eigenvalue weighted by Gasteiger charge is -2.19. The van der Waals surface area contributed by atoms with Crippen molar-refractivity contribution < 1.29 is 30.1 Å². The first-order valence-electron chi connectivity index (χ1n) is 3.54. The molecule has 0 spiro atoms. The van der Waals surface area contributed by atoms with Crippen molar-refractivity contribution in [2.45, 2.75) is 18.3 Å². The van der Waals surface area contributed by atoms with E-state index in [2.05, 4.69) is 10.7 Å². The molecule has 0 aliphatic rings. The van der Waals surface area contributed by atoms with Crippen LogP contribution in [0.5, 0.6) is 0 Å². The molecule has 6 N–H and O–H groups in total. The van der Waals surface area contributed by atoms with E-state index >= 15 is 0 Å². The molecule has 14 heavy (non-hydrogen) atoms. The Hall–Kier alpha value is -0.280. The number of rotatable bonds is 6. The highest BCUT2D eigenvalue weighted by Crippen LogP contribution is 2.01. The number of carbonyl (C=O) groups excluding carboxylic acids is 1. The van der Waals surface area contributed by atoms with Crippen LogP contribution < -0.4 is 5.90 Å². The minimum Gasteiger partial charge on any atom is -0.394 e. The topological polar surface area (TPSA) is 133 Å². The lowest BCUT2D eigenvalue weighted by atomic mass is 10.1. The van der Waals surface area contributed by atoms with Gasteiger partial charge in [0.1, 0.15) is 24.9 Å². The number of carbonyl (C=O) groups is 1. The van der Waals surface area contributed by atoms with Crippen molar-refractivity contribution in [1.82, 2.24) is 0 Å². The van der Waals surface area contributed by atoms with Crippen LogP contribution in [-0.4, -0.2) is 57.7 Å². The molecule has 7 nitrogen and oxygen atoms in total. The molecule has 0 saturated carbocycles. The number of nitrogens with two attached hydrogens (primary N) is 1. The van der Waals surface area contributed by atoms with Gasteiger partial charge in [-0.2, -0.15) is 0 Å². The average Bonchev–Trinajstić information content (AvgIpc) is 2.14. The predicted octanol–water partition coefficient (Wildman–Crippen LogP) is -3.06. The average molecular weight is 232 g/mol. The fourth-order valence-electron chi connectivity index (χ4n) is 0.676. The van der Waals surface area contributed by atoms with Crippen LogP contribution in [0.3, 0.4) is 0 Å². The molecule has 0 saturated heterocycles. The molecule has 0 aromatic carbocycles. The summed E-state index contributed by atoms with van der Waals surface area (Å²) < 4.78 is 0. The molecular weight excluding hydrogens is 218 g/mol. The number of hydrogen-bond donors (Lipinski definition) is 5. The van der Waals surface area contributed by atoms with E-state index in [0.717, 1.165) is 0 Å². The summed E-state index contributed by atoms with van der Waals surface area (Å²) >= 11 is 0. The Bertz CT molecular complexity index is 168. The number of Topliss-reactive ketones (excluding diaryl/α,β-unsaturated/α-hetero) is 1. The van der Waals surface area contributed by atoms with Gasteiger partial charge in [0.15, 0.2) is 5.78 Å². The Morgan fingerprint density at radius 2 is 1.86 bits per heavy atom. The van der Waals surface area contributed by atoms with E-state index in [1.54, 1.807) is 0 Å². The number of ketones is 1. The third-order valence-electron chi connectivity index (χ3n) is 1.46. The minimum absolute atomic E-state index is 0. The smallest absolute Gasteiger partial charge is 0.191 e. The third-order valence-corrected chi connectivity index (χ3v) is 1.46. The molecular formula is C6H14ClNO6. The van der Waals surface area contributed by atoms with E-state index in [1.165, 1.54) is 0 Å². The molecule has 0 bridgehead atoms. The normalized spacial score (nSPS) is 16.6. The lowest BCUT2D eigenvalue weighted by Crippen LogP contribution is -2.45. The van der Waals surface area contributed by atoms with Crippen molar-refractivity contribution in [3.63, 3.8) is 0 Å². The van der Waals surface area contributed by atoms with Gasteiger partial charge >= 0.3 is 0 Å². The van der Waals surface area contributed by atoms with E-state index in [1.807, 2.05) is 0 Å². The summed E-state index contributed by atoms with van der Waals surface area (Å²) in [6, 6.07) is 0. The van der Waals surface area contributed by atoms with Crippen molar-refractivity contribution in [2.75, 3.05) is 13.2 Å². The van der Waals surface area contributed by atoms with Gasteiger partial charge in [-0.05, 0) is 0 Å². The number of hydrogen-bond acceptors (Lipinski definition) is 7. The van der Waals surface area contributed by atoms with Crippen LogP contribution >= 0.6 is 12.4 Å². The molecule has 0 aromatic rings. The van der Waals surface area contributed by atoms with E-state index in [0.29, 0.717) is 0 Å². The largest absolute Gasteiger partial charge is 0.394 e. The molecule has 3 atom stereocenters. The number of aliphatic hydroxyl groups excluding tert-OH is 4. The van der Waals surface area contributed by atoms with Crippen molar-refractivity contribution in [3.05, 3.63) is 0 Å². The molecule has 0 heterocycles. The van der Waals surface area contributed by atoms with Crippen LogP contribution in [-0.2, 0) is 9.63 Å². The van der Waals surface area contributed by atoms with Crippen LogP contribution in [0.4, 0.5) is 0 Å². The van der Waals surface area contributed by atoms with E-state index in [9.17, 15) is 4.79 Å². The van der Waals surface area contributed by atoms with Gasteiger partial charge in [0.25, 0.3) is 0 Å². The second-order valence-corrected chi connectivity index (χ2v) is 2.46. The lowest BCUT2D eigenvalue weighted by molar-refractivity contribution is -0.144. The Morgan fingerprint density at radius 3 is 2.21 bits per heavy atom. The summed E-state index contributed by atoms with van der Waals surface area (Å²) in [5.41, 5.74) is 0. The second-order valence-electron chi connectivity index (χ2n) is 2.46. The highest BCUT2D eigenvalue weighted by Gasteiger charge is 2.29. The zero-order valence-corrected chi connectivity index (χ0v) is 8.05. The van der Waals surface area contributed by atoms with Gasteiger partial charge < -0.3 is 20.4 Å². The maximum absolute atomic E-state index is 10.8. The van der Waals surface area contributed by atoms with Gasteiger partial charge in [0, 0.05) is 0 Å².